The highest BCUT2D eigenvalue weighted by atomic mass is 16.5. The molecule has 1 aromatic carbocycles. The Kier molecular flexibility index (Phi) is 4.17. The molecule has 0 aliphatic heterocycles. The molecule has 2 N–H and O–H groups in total. The van der Waals surface area contributed by atoms with Crippen molar-refractivity contribution < 1.29 is 19.7 Å². The predicted octanol–water partition coefficient (Wildman–Crippen LogP) is 2.48. The zero-order chi connectivity index (χ0) is 12.1. The molecule has 0 aliphatic carbocycles. The molecule has 0 bridgehead atoms. The minimum atomic E-state index is -0.415. The Balaban J connectivity index is 2.89. The number of carbonyl (C=O) groups is 1. The monoisotopic (exact) mass is 224 g/mol. The van der Waals surface area contributed by atoms with Crippen LogP contribution in [0.3, 0.4) is 0 Å². The smallest absolute Gasteiger partial charge is 0.201 e. The van der Waals surface area contributed by atoms with Gasteiger partial charge in [0.05, 0.1) is 12.2 Å². The fourth-order valence-electron chi connectivity index (χ4n) is 1.29. The normalized spacial score (nSPS) is 10.1. The van der Waals surface area contributed by atoms with Crippen molar-refractivity contribution in [1.29, 1.82) is 0 Å². The topological polar surface area (TPSA) is 66.8 Å². The van der Waals surface area contributed by atoms with Crippen LogP contribution in [0.15, 0.2) is 12.1 Å². The van der Waals surface area contributed by atoms with Crippen LogP contribution >= 0.6 is 0 Å². The van der Waals surface area contributed by atoms with Gasteiger partial charge in [0.2, 0.25) is 5.75 Å². The third-order valence-corrected chi connectivity index (χ3v) is 2.25. The Labute approximate surface area is 94.5 Å². The molecule has 0 aromatic heterocycles. The van der Waals surface area contributed by atoms with Crippen LogP contribution < -0.4 is 4.74 Å². The van der Waals surface area contributed by atoms with Crippen LogP contribution in [0.4, 0.5) is 0 Å². The molecule has 4 nitrogen and oxygen atoms in total. The Hall–Kier alpha value is -1.71. The molecule has 0 amide bonds. The van der Waals surface area contributed by atoms with E-state index in [2.05, 4.69) is 0 Å². The minimum absolute atomic E-state index is 0.0975. The maximum Gasteiger partial charge on any atom is 0.201 e. The summed E-state index contributed by atoms with van der Waals surface area (Å²) in [5, 5.41) is 19.2. The summed E-state index contributed by atoms with van der Waals surface area (Å²) in [4.78, 5) is 11.1. The van der Waals surface area contributed by atoms with Crippen LogP contribution in [0.25, 0.3) is 0 Å². The number of ketones is 1. The van der Waals surface area contributed by atoms with E-state index in [1.165, 1.54) is 19.1 Å². The highest BCUT2D eigenvalue weighted by molar-refractivity contribution is 5.97. The highest BCUT2D eigenvalue weighted by Crippen LogP contribution is 2.38. The van der Waals surface area contributed by atoms with Gasteiger partial charge in [-0.2, -0.15) is 0 Å². The Morgan fingerprint density at radius 3 is 2.56 bits per heavy atom. The van der Waals surface area contributed by atoms with Crippen molar-refractivity contribution in [1.82, 2.24) is 0 Å². The van der Waals surface area contributed by atoms with Gasteiger partial charge in [-0.1, -0.05) is 13.3 Å². The van der Waals surface area contributed by atoms with Crippen LogP contribution in [-0.2, 0) is 0 Å². The summed E-state index contributed by atoms with van der Waals surface area (Å²) in [6.07, 6.45) is 1.85. The van der Waals surface area contributed by atoms with Gasteiger partial charge in [0, 0.05) is 0 Å². The Bertz CT molecular complexity index is 385. The molecule has 4 heteroatoms. The van der Waals surface area contributed by atoms with E-state index in [0.29, 0.717) is 6.61 Å². The van der Waals surface area contributed by atoms with E-state index in [9.17, 15) is 15.0 Å². The number of unbranched alkanes of at least 4 members (excludes halogenated alkanes) is 1. The quantitative estimate of drug-likeness (QED) is 0.458. The largest absolute Gasteiger partial charge is 0.504 e. The van der Waals surface area contributed by atoms with Crippen molar-refractivity contribution in [3.63, 3.8) is 0 Å². The molecule has 0 spiro atoms. The SMILES string of the molecule is CCCCOc1ccc(C(C)=O)c(O)c1O. The van der Waals surface area contributed by atoms with Crippen LogP contribution in [0.2, 0.25) is 0 Å². The molecule has 0 atom stereocenters. The van der Waals surface area contributed by atoms with E-state index in [0.717, 1.165) is 12.8 Å². The molecule has 0 saturated heterocycles. The lowest BCUT2D eigenvalue weighted by molar-refractivity contribution is 0.101. The van der Waals surface area contributed by atoms with Crippen LogP contribution in [0.1, 0.15) is 37.0 Å². The fraction of sp³-hybridized carbons (Fsp3) is 0.417. The molecular formula is C12H16O4. The lowest BCUT2D eigenvalue weighted by Gasteiger charge is -2.10. The van der Waals surface area contributed by atoms with E-state index in [4.69, 9.17) is 4.74 Å². The third kappa shape index (κ3) is 2.66. The zero-order valence-electron chi connectivity index (χ0n) is 9.49. The summed E-state index contributed by atoms with van der Waals surface area (Å²) in [5.74, 6) is -0.880. The second kappa shape index (κ2) is 5.39. The van der Waals surface area contributed by atoms with E-state index >= 15 is 0 Å². The lowest BCUT2D eigenvalue weighted by Crippen LogP contribution is -1.99. The number of hydrogen-bond donors (Lipinski definition) is 2. The molecule has 0 fully saturated rings. The molecule has 0 unspecified atom stereocenters. The van der Waals surface area contributed by atoms with E-state index in [1.54, 1.807) is 0 Å². The summed E-state index contributed by atoms with van der Waals surface area (Å²) in [6.45, 7) is 3.83. The van der Waals surface area contributed by atoms with E-state index < -0.39 is 5.75 Å². The lowest BCUT2D eigenvalue weighted by atomic mass is 10.1. The molecule has 0 saturated carbocycles. The maximum absolute atomic E-state index is 11.1. The standard InChI is InChI=1S/C12H16O4/c1-3-4-7-16-10-6-5-9(8(2)13)11(14)12(10)15/h5-6,14-15H,3-4,7H2,1-2H3. The van der Waals surface area contributed by atoms with Crippen molar-refractivity contribution in [3.05, 3.63) is 17.7 Å². The summed E-state index contributed by atoms with van der Waals surface area (Å²) < 4.78 is 5.27. The molecule has 0 radical (unpaired) electrons. The average Bonchev–Trinajstić information content (AvgIpc) is 2.24. The van der Waals surface area contributed by atoms with Crippen LogP contribution in [-0.4, -0.2) is 22.6 Å². The fourth-order valence-corrected chi connectivity index (χ4v) is 1.29. The Morgan fingerprint density at radius 1 is 1.31 bits per heavy atom. The number of carbonyl (C=O) groups excluding carboxylic acids is 1. The van der Waals surface area contributed by atoms with Gasteiger partial charge in [-0.15, -0.1) is 0 Å². The van der Waals surface area contributed by atoms with Crippen molar-refractivity contribution in [3.8, 4) is 17.2 Å². The first-order valence-corrected chi connectivity index (χ1v) is 5.26. The number of phenols is 2. The molecular weight excluding hydrogens is 208 g/mol. The second-order valence-corrected chi connectivity index (χ2v) is 3.57. The van der Waals surface area contributed by atoms with Gasteiger partial charge in [-0.05, 0) is 25.5 Å². The van der Waals surface area contributed by atoms with Crippen molar-refractivity contribution in [2.45, 2.75) is 26.7 Å². The van der Waals surface area contributed by atoms with Crippen molar-refractivity contribution in [2.75, 3.05) is 6.61 Å². The second-order valence-electron chi connectivity index (χ2n) is 3.57. The number of aromatic hydroxyl groups is 2. The van der Waals surface area contributed by atoms with Crippen LogP contribution in [0, 0.1) is 0 Å². The summed E-state index contributed by atoms with van der Waals surface area (Å²) in [6, 6.07) is 2.93. The van der Waals surface area contributed by atoms with E-state index in [-0.39, 0.29) is 22.8 Å². The molecule has 0 heterocycles. The zero-order valence-corrected chi connectivity index (χ0v) is 9.49. The third-order valence-electron chi connectivity index (χ3n) is 2.25. The van der Waals surface area contributed by atoms with Crippen molar-refractivity contribution in [2.24, 2.45) is 0 Å². The number of ether oxygens (including phenoxy) is 1. The van der Waals surface area contributed by atoms with Gasteiger partial charge >= 0.3 is 0 Å². The number of hydrogen-bond acceptors (Lipinski definition) is 4. The molecule has 16 heavy (non-hydrogen) atoms. The first kappa shape index (κ1) is 12.4. The van der Waals surface area contributed by atoms with Crippen LogP contribution in [0.5, 0.6) is 17.2 Å². The highest BCUT2D eigenvalue weighted by Gasteiger charge is 2.15. The number of phenolic OH excluding ortho intramolecular Hbond substituents is 2. The summed E-state index contributed by atoms with van der Waals surface area (Å²) in [7, 11) is 0. The van der Waals surface area contributed by atoms with E-state index in [1.807, 2.05) is 6.92 Å². The minimum Gasteiger partial charge on any atom is -0.504 e. The van der Waals surface area contributed by atoms with Gasteiger partial charge in [0.15, 0.2) is 17.3 Å². The van der Waals surface area contributed by atoms with Gasteiger partial charge in [0.25, 0.3) is 0 Å². The number of Topliss-reactive ketones (excluding diaryl/α,β-unsaturated/α-hetero) is 1. The predicted molar refractivity (Wildman–Crippen MR) is 60.2 cm³/mol. The van der Waals surface area contributed by atoms with Gasteiger partial charge in [-0.25, -0.2) is 0 Å². The summed E-state index contributed by atoms with van der Waals surface area (Å²) >= 11 is 0. The molecule has 1 rings (SSSR count). The van der Waals surface area contributed by atoms with Gasteiger partial charge < -0.3 is 14.9 Å². The first-order chi connectivity index (χ1) is 7.57. The molecule has 0 aliphatic rings. The Morgan fingerprint density at radius 2 is 2.00 bits per heavy atom. The molecule has 1 aromatic rings. The first-order valence-electron chi connectivity index (χ1n) is 5.26. The number of rotatable bonds is 5. The van der Waals surface area contributed by atoms with Gasteiger partial charge in [0.1, 0.15) is 0 Å². The maximum atomic E-state index is 11.1. The summed E-state index contributed by atoms with van der Waals surface area (Å²) in [5.41, 5.74) is 0.0975. The average molecular weight is 224 g/mol. The van der Waals surface area contributed by atoms with Crippen molar-refractivity contribution >= 4 is 5.78 Å². The van der Waals surface area contributed by atoms with Gasteiger partial charge in [-0.3, -0.25) is 4.79 Å². The number of benzene rings is 1. The molecule has 88 valence electrons.